The average molecular weight is 364 g/mol. The lowest BCUT2D eigenvalue weighted by Gasteiger charge is -2.42. The first-order valence-electron chi connectivity index (χ1n) is 7.41. The van der Waals surface area contributed by atoms with Gasteiger partial charge in [-0.05, 0) is 31.5 Å². The van der Waals surface area contributed by atoms with Crippen molar-refractivity contribution >= 4 is 36.4 Å². The van der Waals surface area contributed by atoms with Crippen molar-refractivity contribution in [3.05, 3.63) is 29.8 Å². The zero-order valence-electron chi connectivity index (χ0n) is 13.7. The van der Waals surface area contributed by atoms with E-state index >= 15 is 0 Å². The topological polar surface area (TPSA) is 67.6 Å². The number of benzene rings is 1. The molecule has 0 spiro atoms. The van der Waals surface area contributed by atoms with Gasteiger partial charge in [0.05, 0.1) is 19.6 Å². The van der Waals surface area contributed by atoms with E-state index in [1.807, 2.05) is 24.3 Å². The molecule has 0 bridgehead atoms. The highest BCUT2D eigenvalue weighted by molar-refractivity contribution is 5.85. The molecule has 2 rings (SSSR count). The van der Waals surface area contributed by atoms with Crippen LogP contribution in [-0.4, -0.2) is 49.2 Å². The van der Waals surface area contributed by atoms with Crippen molar-refractivity contribution in [2.75, 3.05) is 38.6 Å². The molecular weight excluding hydrogens is 337 g/mol. The lowest BCUT2D eigenvalue weighted by atomic mass is 10.0. The zero-order chi connectivity index (χ0) is 15.3. The molecule has 1 aromatic carbocycles. The van der Waals surface area contributed by atoms with Crippen molar-refractivity contribution in [3.8, 4) is 0 Å². The summed E-state index contributed by atoms with van der Waals surface area (Å²) in [5.41, 5.74) is 7.37. The Morgan fingerprint density at radius 1 is 1.30 bits per heavy atom. The van der Waals surface area contributed by atoms with E-state index < -0.39 is 0 Å². The van der Waals surface area contributed by atoms with Crippen LogP contribution in [0.1, 0.15) is 19.4 Å². The lowest BCUT2D eigenvalue weighted by Crippen LogP contribution is -2.54. The van der Waals surface area contributed by atoms with E-state index in [1.165, 1.54) is 0 Å². The Morgan fingerprint density at radius 3 is 2.57 bits per heavy atom. The number of nitrogens with two attached hydrogens (primary N) is 1. The fraction of sp³-hybridized carbons (Fsp3) is 0.562. The number of halogens is 2. The van der Waals surface area contributed by atoms with Crippen LogP contribution in [0.4, 0.5) is 5.69 Å². The normalized spacial score (nSPS) is 16.8. The monoisotopic (exact) mass is 363 g/mol. The molecule has 5 nitrogen and oxygen atoms in total. The number of carbonyl (C=O) groups excluding carboxylic acids is 1. The smallest absolute Gasteiger partial charge is 0.224 e. The molecule has 7 heteroatoms. The van der Waals surface area contributed by atoms with Gasteiger partial charge < -0.3 is 15.8 Å². The maximum Gasteiger partial charge on any atom is 0.224 e. The van der Waals surface area contributed by atoms with Gasteiger partial charge in [0.1, 0.15) is 0 Å². The Balaban J connectivity index is 0.00000242. The molecule has 0 atom stereocenters. The maximum absolute atomic E-state index is 11.9. The second kappa shape index (κ2) is 9.98. The molecular formula is C16H27Cl2N3O2. The highest BCUT2D eigenvalue weighted by Gasteiger charge is 2.29. The third-order valence-corrected chi connectivity index (χ3v) is 3.87. The number of anilines is 1. The quantitative estimate of drug-likeness (QED) is 0.783. The van der Waals surface area contributed by atoms with E-state index in [-0.39, 0.29) is 36.3 Å². The molecule has 1 heterocycles. The van der Waals surface area contributed by atoms with Gasteiger partial charge in [0, 0.05) is 30.9 Å². The predicted octanol–water partition coefficient (Wildman–Crippen LogP) is 1.88. The largest absolute Gasteiger partial charge is 0.399 e. The van der Waals surface area contributed by atoms with Crippen molar-refractivity contribution in [2.24, 2.45) is 0 Å². The average Bonchev–Trinajstić information content (AvgIpc) is 2.43. The molecule has 1 saturated heterocycles. The Bertz CT molecular complexity index is 481. The number of carbonyl (C=O) groups is 1. The van der Waals surface area contributed by atoms with Crippen LogP contribution >= 0.6 is 24.8 Å². The molecule has 0 unspecified atom stereocenters. The number of nitrogens with one attached hydrogen (secondary N) is 1. The van der Waals surface area contributed by atoms with Crippen LogP contribution in [0, 0.1) is 0 Å². The van der Waals surface area contributed by atoms with E-state index in [4.69, 9.17) is 10.5 Å². The van der Waals surface area contributed by atoms with Crippen LogP contribution in [0.3, 0.4) is 0 Å². The summed E-state index contributed by atoms with van der Waals surface area (Å²) in [6, 6.07) is 7.41. The number of morpholine rings is 1. The summed E-state index contributed by atoms with van der Waals surface area (Å²) in [5, 5.41) is 2.98. The first-order valence-corrected chi connectivity index (χ1v) is 7.41. The third-order valence-electron chi connectivity index (χ3n) is 3.87. The minimum Gasteiger partial charge on any atom is -0.399 e. The molecule has 1 fully saturated rings. The number of nitrogens with zero attached hydrogens (tertiary/aromatic N) is 1. The highest BCUT2D eigenvalue weighted by Crippen LogP contribution is 2.17. The first kappa shape index (κ1) is 22.0. The van der Waals surface area contributed by atoms with Crippen LogP contribution in [0.15, 0.2) is 24.3 Å². The van der Waals surface area contributed by atoms with E-state index in [9.17, 15) is 4.79 Å². The molecule has 0 aliphatic carbocycles. The standard InChI is InChI=1S/C16H25N3O2.2ClH/c1-16(2)12-21-10-9-19(16)8-7-18-15(20)11-13-3-5-14(17)6-4-13;;/h3-6H,7-12,17H2,1-2H3,(H,18,20);2*1H. The summed E-state index contributed by atoms with van der Waals surface area (Å²) in [7, 11) is 0. The van der Waals surface area contributed by atoms with Gasteiger partial charge in [-0.3, -0.25) is 9.69 Å². The van der Waals surface area contributed by atoms with Crippen LogP contribution in [0.25, 0.3) is 0 Å². The van der Waals surface area contributed by atoms with Crippen molar-refractivity contribution in [2.45, 2.75) is 25.8 Å². The van der Waals surface area contributed by atoms with Gasteiger partial charge >= 0.3 is 0 Å². The molecule has 0 radical (unpaired) electrons. The van der Waals surface area contributed by atoms with Gasteiger partial charge in [-0.2, -0.15) is 0 Å². The van der Waals surface area contributed by atoms with E-state index in [0.717, 1.165) is 31.9 Å². The van der Waals surface area contributed by atoms with Crippen LogP contribution in [-0.2, 0) is 16.0 Å². The van der Waals surface area contributed by atoms with Gasteiger partial charge in [-0.1, -0.05) is 12.1 Å². The Kier molecular flexibility index (Phi) is 9.54. The number of amides is 1. The number of hydrogen-bond donors (Lipinski definition) is 2. The van der Waals surface area contributed by atoms with Crippen molar-refractivity contribution in [1.29, 1.82) is 0 Å². The van der Waals surface area contributed by atoms with Gasteiger partial charge in [-0.15, -0.1) is 24.8 Å². The summed E-state index contributed by atoms with van der Waals surface area (Å²) in [5.74, 6) is 0.0471. The van der Waals surface area contributed by atoms with E-state index in [2.05, 4.69) is 24.1 Å². The maximum atomic E-state index is 11.9. The first-order chi connectivity index (χ1) is 9.97. The molecule has 0 aromatic heterocycles. The molecule has 1 aromatic rings. The third kappa shape index (κ3) is 6.96. The van der Waals surface area contributed by atoms with Crippen molar-refractivity contribution < 1.29 is 9.53 Å². The fourth-order valence-corrected chi connectivity index (χ4v) is 2.52. The van der Waals surface area contributed by atoms with E-state index in [0.29, 0.717) is 18.7 Å². The molecule has 1 aliphatic heterocycles. The van der Waals surface area contributed by atoms with Gasteiger partial charge in [0.25, 0.3) is 0 Å². The Labute approximate surface area is 150 Å². The van der Waals surface area contributed by atoms with Crippen LogP contribution in [0.2, 0.25) is 0 Å². The molecule has 23 heavy (non-hydrogen) atoms. The Morgan fingerprint density at radius 2 is 1.96 bits per heavy atom. The van der Waals surface area contributed by atoms with Crippen LogP contribution in [0.5, 0.6) is 0 Å². The van der Waals surface area contributed by atoms with E-state index in [1.54, 1.807) is 0 Å². The zero-order valence-corrected chi connectivity index (χ0v) is 15.3. The minimum atomic E-state index is 0. The molecule has 1 amide bonds. The minimum absolute atomic E-state index is 0. The van der Waals surface area contributed by atoms with Crippen molar-refractivity contribution in [1.82, 2.24) is 10.2 Å². The van der Waals surface area contributed by atoms with Crippen LogP contribution < -0.4 is 11.1 Å². The summed E-state index contributed by atoms with van der Waals surface area (Å²) in [6.45, 7) is 8.28. The molecule has 0 saturated carbocycles. The number of rotatable bonds is 5. The summed E-state index contributed by atoms with van der Waals surface area (Å²) in [6.07, 6.45) is 0.396. The summed E-state index contributed by atoms with van der Waals surface area (Å²) >= 11 is 0. The number of hydrogen-bond acceptors (Lipinski definition) is 4. The number of ether oxygens (including phenoxy) is 1. The van der Waals surface area contributed by atoms with Gasteiger partial charge in [0.15, 0.2) is 0 Å². The summed E-state index contributed by atoms with van der Waals surface area (Å²) in [4.78, 5) is 14.3. The predicted molar refractivity (Wildman–Crippen MR) is 98.5 cm³/mol. The second-order valence-electron chi connectivity index (χ2n) is 6.12. The number of nitrogen functional groups attached to an aromatic ring is 1. The lowest BCUT2D eigenvalue weighted by molar-refractivity contribution is -0.120. The Hall–Kier alpha value is -1.01. The van der Waals surface area contributed by atoms with Gasteiger partial charge in [-0.25, -0.2) is 0 Å². The van der Waals surface area contributed by atoms with Crippen molar-refractivity contribution in [3.63, 3.8) is 0 Å². The highest BCUT2D eigenvalue weighted by atomic mass is 35.5. The molecule has 132 valence electrons. The second-order valence-corrected chi connectivity index (χ2v) is 6.12. The molecule has 1 aliphatic rings. The van der Waals surface area contributed by atoms with Gasteiger partial charge in [0.2, 0.25) is 5.91 Å². The summed E-state index contributed by atoms with van der Waals surface area (Å²) < 4.78 is 5.49. The SMILES string of the molecule is CC1(C)COCCN1CCNC(=O)Cc1ccc(N)cc1.Cl.Cl. The fourth-order valence-electron chi connectivity index (χ4n) is 2.52. The molecule has 3 N–H and O–H groups in total.